The van der Waals surface area contributed by atoms with Crippen LogP contribution in [0.15, 0.2) is 60.2 Å². The summed E-state index contributed by atoms with van der Waals surface area (Å²) in [6.07, 6.45) is 15.2. The highest BCUT2D eigenvalue weighted by Gasteiger charge is 2.09. The smallest absolute Gasteiger partial charge is 0.262 e. The van der Waals surface area contributed by atoms with Gasteiger partial charge in [-0.15, -0.1) is 0 Å². The summed E-state index contributed by atoms with van der Waals surface area (Å²) in [6, 6.07) is 15.4. The van der Waals surface area contributed by atoms with Gasteiger partial charge in [0, 0.05) is 17.3 Å². The number of aryl methyl sites for hydroxylation is 1. The second kappa shape index (κ2) is 18.8. The second-order valence-corrected chi connectivity index (χ2v) is 10.8. The molecule has 1 amide bonds. The first-order chi connectivity index (χ1) is 18.1. The molecule has 0 bridgehead atoms. The summed E-state index contributed by atoms with van der Waals surface area (Å²) in [7, 11) is 0. The Morgan fingerprint density at radius 3 is 2.21 bits per heavy atom. The molecule has 1 aromatic heterocycles. The first-order valence-corrected chi connectivity index (χ1v) is 14.7. The van der Waals surface area contributed by atoms with Gasteiger partial charge in [0.2, 0.25) is 5.51 Å². The lowest BCUT2D eigenvalue weighted by molar-refractivity contribution is -0.683. The van der Waals surface area contributed by atoms with Crippen LogP contribution < -0.4 is 36.3 Å². The number of unbranched alkanes of at least 4 members (excludes halogenated alkanes) is 9. The third-order valence-electron chi connectivity index (χ3n) is 6.24. The topological polar surface area (TPSA) is 51.4 Å². The average molecular weight is 604 g/mol. The third-order valence-corrected chi connectivity index (χ3v) is 7.09. The van der Waals surface area contributed by atoms with Crippen LogP contribution in [0.5, 0.6) is 11.5 Å². The van der Waals surface area contributed by atoms with Crippen molar-refractivity contribution in [3.63, 3.8) is 0 Å². The minimum atomic E-state index is -0.187. The minimum absolute atomic E-state index is 0. The van der Waals surface area contributed by atoms with Crippen LogP contribution in [0.25, 0.3) is 0 Å². The number of ether oxygens (including phenoxy) is 2. The SMILES string of the molecule is CCCCCCCCCCCCOc1cccc(OCC(=O)Nc2cccc(C[n+]3csc(C)c3)c2)c1.[Br-]. The van der Waals surface area contributed by atoms with Crippen LogP contribution in [0.3, 0.4) is 0 Å². The third kappa shape index (κ3) is 12.9. The predicted molar refractivity (Wildman–Crippen MR) is 153 cm³/mol. The highest BCUT2D eigenvalue weighted by Crippen LogP contribution is 2.20. The Balaban J connectivity index is 0.00000507. The first kappa shape index (κ1) is 31.8. The molecule has 2 aromatic carbocycles. The van der Waals surface area contributed by atoms with Gasteiger partial charge in [-0.2, -0.15) is 4.57 Å². The summed E-state index contributed by atoms with van der Waals surface area (Å²) in [4.78, 5) is 13.7. The molecule has 3 aromatic rings. The highest BCUT2D eigenvalue weighted by molar-refractivity contribution is 7.09. The summed E-state index contributed by atoms with van der Waals surface area (Å²) in [5, 5.41) is 2.93. The zero-order valence-corrected chi connectivity index (χ0v) is 25.3. The fourth-order valence-electron chi connectivity index (χ4n) is 4.27. The summed E-state index contributed by atoms with van der Waals surface area (Å²) in [5.74, 6) is 1.23. The van der Waals surface area contributed by atoms with Crippen molar-refractivity contribution in [2.45, 2.75) is 84.6 Å². The van der Waals surface area contributed by atoms with E-state index in [-0.39, 0.29) is 29.5 Å². The number of aromatic nitrogens is 1. The van der Waals surface area contributed by atoms with E-state index in [1.54, 1.807) is 11.3 Å². The van der Waals surface area contributed by atoms with E-state index in [4.69, 9.17) is 9.47 Å². The van der Waals surface area contributed by atoms with Gasteiger partial charge < -0.3 is 31.8 Å². The normalized spacial score (nSPS) is 10.6. The fraction of sp³-hybridized carbons (Fsp3) is 0.484. The molecule has 0 aliphatic rings. The number of amides is 1. The highest BCUT2D eigenvalue weighted by atomic mass is 79.9. The number of hydrogen-bond acceptors (Lipinski definition) is 4. The molecule has 0 radical (unpaired) electrons. The number of thiazole rings is 1. The number of carbonyl (C=O) groups is 1. The molecule has 0 aliphatic carbocycles. The molecule has 0 atom stereocenters. The van der Waals surface area contributed by atoms with E-state index in [9.17, 15) is 4.79 Å². The molecule has 38 heavy (non-hydrogen) atoms. The molecule has 1 N–H and O–H groups in total. The van der Waals surface area contributed by atoms with Crippen molar-refractivity contribution in [1.82, 2.24) is 0 Å². The Morgan fingerprint density at radius 1 is 0.868 bits per heavy atom. The number of nitrogens with zero attached hydrogens (tertiary/aromatic N) is 1. The Kier molecular flexibility index (Phi) is 15.8. The van der Waals surface area contributed by atoms with Crippen LogP contribution in [-0.2, 0) is 11.3 Å². The largest absolute Gasteiger partial charge is 1.00 e. The van der Waals surface area contributed by atoms with Crippen molar-refractivity contribution < 1.29 is 35.8 Å². The zero-order chi connectivity index (χ0) is 26.1. The van der Waals surface area contributed by atoms with Crippen molar-refractivity contribution in [2.75, 3.05) is 18.5 Å². The van der Waals surface area contributed by atoms with Gasteiger partial charge in [0.05, 0.1) is 11.5 Å². The van der Waals surface area contributed by atoms with Crippen LogP contribution in [0.1, 0.15) is 81.6 Å². The number of benzene rings is 2. The van der Waals surface area contributed by atoms with E-state index in [1.165, 1.54) is 62.7 Å². The number of halogens is 1. The molecule has 0 spiro atoms. The predicted octanol–water partition coefficient (Wildman–Crippen LogP) is 4.71. The van der Waals surface area contributed by atoms with E-state index in [1.807, 2.05) is 42.5 Å². The first-order valence-electron chi connectivity index (χ1n) is 13.8. The van der Waals surface area contributed by atoms with Crippen molar-refractivity contribution >= 4 is 22.9 Å². The van der Waals surface area contributed by atoms with Crippen LogP contribution in [0, 0.1) is 6.92 Å². The number of nitrogens with one attached hydrogen (secondary N) is 1. The van der Waals surface area contributed by atoms with E-state index in [2.05, 4.69) is 41.5 Å². The summed E-state index contributed by atoms with van der Waals surface area (Å²) >= 11 is 1.72. The molecule has 5 nitrogen and oxygen atoms in total. The number of rotatable bonds is 18. The quantitative estimate of drug-likeness (QED) is 0.169. The lowest BCUT2D eigenvalue weighted by atomic mass is 10.1. The average Bonchev–Trinajstić information content (AvgIpc) is 3.31. The Hall–Kier alpha value is -2.38. The fourth-order valence-corrected chi connectivity index (χ4v) is 4.90. The maximum atomic E-state index is 12.5. The molecule has 0 saturated carbocycles. The Bertz CT molecular complexity index is 1070. The van der Waals surface area contributed by atoms with Gasteiger partial charge in [-0.3, -0.25) is 4.79 Å². The molecular formula is C31H43BrN2O3S. The van der Waals surface area contributed by atoms with Crippen molar-refractivity contribution in [1.29, 1.82) is 0 Å². The summed E-state index contributed by atoms with van der Waals surface area (Å²) < 4.78 is 13.8. The lowest BCUT2D eigenvalue weighted by Crippen LogP contribution is -3.00. The van der Waals surface area contributed by atoms with Crippen LogP contribution in [0.2, 0.25) is 0 Å². The second-order valence-electron chi connectivity index (χ2n) is 9.68. The van der Waals surface area contributed by atoms with Crippen LogP contribution in [0.4, 0.5) is 5.69 Å². The van der Waals surface area contributed by atoms with Crippen LogP contribution in [-0.4, -0.2) is 19.1 Å². The molecule has 3 rings (SSSR count). The van der Waals surface area contributed by atoms with Crippen LogP contribution >= 0.6 is 11.3 Å². The van der Waals surface area contributed by atoms with Gasteiger partial charge in [-0.1, -0.05) is 94.2 Å². The molecule has 208 valence electrons. The van der Waals surface area contributed by atoms with E-state index >= 15 is 0 Å². The van der Waals surface area contributed by atoms with Crippen molar-refractivity contribution in [3.05, 3.63) is 70.7 Å². The van der Waals surface area contributed by atoms with Gasteiger partial charge >= 0.3 is 0 Å². The number of carbonyl (C=O) groups excluding carboxylic acids is 1. The van der Waals surface area contributed by atoms with E-state index < -0.39 is 0 Å². The van der Waals surface area contributed by atoms with Gasteiger partial charge in [0.25, 0.3) is 5.91 Å². The van der Waals surface area contributed by atoms with Gasteiger partial charge in [-0.05, 0) is 37.6 Å². The Labute approximate surface area is 243 Å². The molecule has 7 heteroatoms. The lowest BCUT2D eigenvalue weighted by Gasteiger charge is -2.10. The molecular weight excluding hydrogens is 560 g/mol. The van der Waals surface area contributed by atoms with Gasteiger partial charge in [-0.25, -0.2) is 0 Å². The minimum Gasteiger partial charge on any atom is -1.00 e. The monoisotopic (exact) mass is 602 g/mol. The van der Waals surface area contributed by atoms with Gasteiger partial charge in [0.15, 0.2) is 19.3 Å². The maximum absolute atomic E-state index is 12.5. The number of anilines is 1. The number of hydrogen-bond donors (Lipinski definition) is 1. The Morgan fingerprint density at radius 2 is 1.53 bits per heavy atom. The molecule has 1 heterocycles. The molecule has 0 aliphatic heterocycles. The standard InChI is InChI=1S/C31H42N2O3S.BrH/c1-3-4-5-6-7-8-9-10-11-12-19-35-29-17-14-18-30(21-29)36-24-31(34)32-28-16-13-15-27(20-28)23-33-22-26(2)37-25-33;/h13-18,20-22,25H,3-12,19,23-24H2,1-2H3;1H. The van der Waals surface area contributed by atoms with E-state index in [0.717, 1.165) is 30.0 Å². The summed E-state index contributed by atoms with van der Waals surface area (Å²) in [6.45, 7) is 5.79. The molecule has 0 fully saturated rings. The summed E-state index contributed by atoms with van der Waals surface area (Å²) in [5.41, 5.74) is 4.00. The van der Waals surface area contributed by atoms with Gasteiger partial charge in [0.1, 0.15) is 11.5 Å². The maximum Gasteiger partial charge on any atom is 0.262 e. The zero-order valence-electron chi connectivity index (χ0n) is 22.9. The van der Waals surface area contributed by atoms with E-state index in [0.29, 0.717) is 12.4 Å². The van der Waals surface area contributed by atoms with Crippen molar-refractivity contribution in [3.8, 4) is 11.5 Å². The molecule has 0 unspecified atom stereocenters. The molecule has 0 saturated heterocycles. The van der Waals surface area contributed by atoms with Crippen molar-refractivity contribution in [2.24, 2.45) is 0 Å².